The molecule has 1 saturated heterocycles. The van der Waals surface area contributed by atoms with Gasteiger partial charge in [-0.3, -0.25) is 0 Å². The molecular formula is C21H27FN2O5S2. The van der Waals surface area contributed by atoms with E-state index in [1.165, 1.54) is 23.5 Å². The zero-order valence-corrected chi connectivity index (χ0v) is 19.7. The number of thiazole rings is 1. The number of rotatable bonds is 5. The van der Waals surface area contributed by atoms with E-state index >= 15 is 0 Å². The Kier molecular flexibility index (Phi) is 6.90. The highest BCUT2D eigenvalue weighted by Gasteiger charge is 2.28. The molecule has 1 aromatic carbocycles. The number of carbonyl (C=O) groups is 1. The molecule has 0 spiro atoms. The molecule has 0 saturated carbocycles. The van der Waals surface area contributed by atoms with Crippen molar-refractivity contribution in [2.75, 3.05) is 26.0 Å². The maximum absolute atomic E-state index is 14.2. The van der Waals surface area contributed by atoms with Crippen molar-refractivity contribution in [3.63, 3.8) is 0 Å². The Morgan fingerprint density at radius 2 is 2.10 bits per heavy atom. The zero-order chi connectivity index (χ0) is 22.8. The highest BCUT2D eigenvalue weighted by Crippen LogP contribution is 2.32. The molecule has 10 heteroatoms. The zero-order valence-electron chi connectivity index (χ0n) is 18.1. The molecule has 170 valence electrons. The molecule has 1 unspecified atom stereocenters. The van der Waals surface area contributed by atoms with Gasteiger partial charge >= 0.3 is 6.09 Å². The predicted molar refractivity (Wildman–Crippen MR) is 117 cm³/mol. The minimum Gasteiger partial charge on any atom is -0.470 e. The number of carbonyl (C=O) groups excluding carboxylic acids is 1. The number of nitrogens with zero attached hydrogens (tertiary/aromatic N) is 2. The van der Waals surface area contributed by atoms with E-state index in [-0.39, 0.29) is 16.9 Å². The molecule has 1 aliphatic rings. The van der Waals surface area contributed by atoms with Crippen molar-refractivity contribution in [3.8, 4) is 15.6 Å². The van der Waals surface area contributed by atoms with Crippen LogP contribution in [0.3, 0.4) is 0 Å². The lowest BCUT2D eigenvalue weighted by molar-refractivity contribution is 0.0139. The number of sulfone groups is 1. The van der Waals surface area contributed by atoms with Crippen molar-refractivity contribution < 1.29 is 27.1 Å². The number of hydrogen-bond donors (Lipinski definition) is 0. The number of piperidine rings is 1. The summed E-state index contributed by atoms with van der Waals surface area (Å²) in [4.78, 5) is 18.6. The number of benzene rings is 1. The van der Waals surface area contributed by atoms with Crippen molar-refractivity contribution >= 4 is 27.3 Å². The van der Waals surface area contributed by atoms with Crippen LogP contribution in [0.25, 0.3) is 10.4 Å². The summed E-state index contributed by atoms with van der Waals surface area (Å²) in [6.45, 7) is 7.17. The van der Waals surface area contributed by atoms with Crippen LogP contribution in [0, 0.1) is 11.7 Å². The van der Waals surface area contributed by atoms with Crippen molar-refractivity contribution in [1.82, 2.24) is 9.88 Å². The van der Waals surface area contributed by atoms with Crippen molar-refractivity contribution in [2.45, 2.75) is 44.1 Å². The molecule has 1 fully saturated rings. The summed E-state index contributed by atoms with van der Waals surface area (Å²) in [5.74, 6) is -0.625. The second-order valence-corrected chi connectivity index (χ2v) is 11.6. The predicted octanol–water partition coefficient (Wildman–Crippen LogP) is 4.38. The second kappa shape index (κ2) is 9.12. The molecule has 7 nitrogen and oxygen atoms in total. The number of ether oxygens (including phenoxy) is 2. The van der Waals surface area contributed by atoms with E-state index in [1.54, 1.807) is 17.2 Å². The SMILES string of the molecule is CC(C)(C)OC(=O)N1CCCC(COc2ncc(-c3ccc(S(C)(=O)=O)c(F)c3)s2)C1. The first-order valence-electron chi connectivity index (χ1n) is 9.99. The first kappa shape index (κ1) is 23.5. The fourth-order valence-corrected chi connectivity index (χ4v) is 4.79. The molecule has 0 N–H and O–H groups in total. The minimum atomic E-state index is -3.62. The van der Waals surface area contributed by atoms with Crippen LogP contribution in [-0.4, -0.2) is 55.9 Å². The molecular weight excluding hydrogens is 443 g/mol. The monoisotopic (exact) mass is 470 g/mol. The molecule has 2 heterocycles. The topological polar surface area (TPSA) is 85.8 Å². The van der Waals surface area contributed by atoms with Crippen LogP contribution in [0.15, 0.2) is 29.3 Å². The van der Waals surface area contributed by atoms with Gasteiger partial charge in [-0.05, 0) is 51.3 Å². The number of aromatic nitrogens is 1. The summed E-state index contributed by atoms with van der Waals surface area (Å²) in [6, 6.07) is 4.00. The first-order chi connectivity index (χ1) is 14.4. The summed E-state index contributed by atoms with van der Waals surface area (Å²) < 4.78 is 48.6. The Morgan fingerprint density at radius 1 is 1.35 bits per heavy atom. The van der Waals surface area contributed by atoms with Gasteiger partial charge in [0.05, 0.1) is 11.5 Å². The number of amides is 1. The second-order valence-electron chi connectivity index (χ2n) is 8.65. The lowest BCUT2D eigenvalue weighted by Gasteiger charge is -2.33. The number of likely N-dealkylation sites (tertiary alicyclic amines) is 1. The standard InChI is InChI=1S/C21H27FN2O5S2/c1-21(2,3)29-20(25)24-9-5-6-14(12-24)13-28-19-23-11-17(30-19)15-7-8-18(16(22)10-15)31(4,26)27/h7-8,10-11,14H,5-6,9,12-13H2,1-4H3. The highest BCUT2D eigenvalue weighted by atomic mass is 32.2. The van der Waals surface area contributed by atoms with Gasteiger partial charge in [-0.15, -0.1) is 0 Å². The molecule has 0 bridgehead atoms. The van der Waals surface area contributed by atoms with Crippen LogP contribution in [0.1, 0.15) is 33.6 Å². The summed E-state index contributed by atoms with van der Waals surface area (Å²) in [5, 5.41) is 0.442. The largest absolute Gasteiger partial charge is 0.470 e. The molecule has 2 aromatic rings. The van der Waals surface area contributed by atoms with E-state index in [9.17, 15) is 17.6 Å². The molecule has 1 amide bonds. The van der Waals surface area contributed by atoms with Gasteiger partial charge in [0.2, 0.25) is 0 Å². The van der Waals surface area contributed by atoms with Crippen LogP contribution in [0.4, 0.5) is 9.18 Å². The molecule has 0 radical (unpaired) electrons. The van der Waals surface area contributed by atoms with E-state index < -0.39 is 21.3 Å². The maximum atomic E-state index is 14.2. The van der Waals surface area contributed by atoms with Gasteiger partial charge in [-0.25, -0.2) is 22.6 Å². The van der Waals surface area contributed by atoms with Gasteiger partial charge in [-0.1, -0.05) is 17.4 Å². The molecule has 0 aliphatic carbocycles. The fraction of sp³-hybridized carbons (Fsp3) is 0.524. The summed E-state index contributed by atoms with van der Waals surface area (Å²) in [7, 11) is -3.62. The molecule has 1 aliphatic heterocycles. The fourth-order valence-electron chi connectivity index (χ4n) is 3.30. The highest BCUT2D eigenvalue weighted by molar-refractivity contribution is 7.90. The summed E-state index contributed by atoms with van der Waals surface area (Å²) in [6.07, 6.45) is 4.05. The third-order valence-electron chi connectivity index (χ3n) is 4.71. The van der Waals surface area contributed by atoms with E-state index in [1.807, 2.05) is 20.8 Å². The lowest BCUT2D eigenvalue weighted by atomic mass is 9.99. The van der Waals surface area contributed by atoms with E-state index in [0.717, 1.165) is 19.1 Å². The lowest BCUT2D eigenvalue weighted by Crippen LogP contribution is -2.44. The summed E-state index contributed by atoms with van der Waals surface area (Å²) >= 11 is 1.26. The summed E-state index contributed by atoms with van der Waals surface area (Å²) in [5.41, 5.74) is 0.00241. The normalized spacial score (nSPS) is 17.5. The van der Waals surface area contributed by atoms with Gasteiger partial charge in [-0.2, -0.15) is 0 Å². The van der Waals surface area contributed by atoms with Gasteiger partial charge in [0.1, 0.15) is 16.3 Å². The Balaban J connectivity index is 1.59. The Labute approximate surface area is 186 Å². The van der Waals surface area contributed by atoms with Gasteiger partial charge < -0.3 is 14.4 Å². The van der Waals surface area contributed by atoms with E-state index in [4.69, 9.17) is 9.47 Å². The van der Waals surface area contributed by atoms with E-state index in [0.29, 0.717) is 35.3 Å². The van der Waals surface area contributed by atoms with Crippen LogP contribution < -0.4 is 4.74 Å². The van der Waals surface area contributed by atoms with Crippen molar-refractivity contribution in [2.24, 2.45) is 5.92 Å². The van der Waals surface area contributed by atoms with Crippen molar-refractivity contribution in [1.29, 1.82) is 0 Å². The molecule has 31 heavy (non-hydrogen) atoms. The third-order valence-corrected chi connectivity index (χ3v) is 6.80. The molecule has 1 aromatic heterocycles. The number of hydrogen-bond acceptors (Lipinski definition) is 7. The molecule has 1 atom stereocenters. The first-order valence-corrected chi connectivity index (χ1v) is 12.7. The quantitative estimate of drug-likeness (QED) is 0.645. The smallest absolute Gasteiger partial charge is 0.410 e. The molecule has 3 rings (SSSR count). The van der Waals surface area contributed by atoms with Gasteiger partial charge in [0, 0.05) is 31.5 Å². The Hall–Kier alpha value is -2.20. The van der Waals surface area contributed by atoms with Crippen LogP contribution in [-0.2, 0) is 14.6 Å². The Morgan fingerprint density at radius 3 is 2.74 bits per heavy atom. The average molecular weight is 471 g/mol. The van der Waals surface area contributed by atoms with Gasteiger partial charge in [0.15, 0.2) is 9.84 Å². The maximum Gasteiger partial charge on any atom is 0.410 e. The van der Waals surface area contributed by atoms with E-state index in [2.05, 4.69) is 4.98 Å². The van der Waals surface area contributed by atoms with Crippen LogP contribution in [0.5, 0.6) is 5.19 Å². The van der Waals surface area contributed by atoms with Crippen LogP contribution >= 0.6 is 11.3 Å². The number of halogens is 1. The third kappa shape index (κ3) is 6.39. The minimum absolute atomic E-state index is 0.167. The van der Waals surface area contributed by atoms with Crippen molar-refractivity contribution in [3.05, 3.63) is 30.2 Å². The Bertz CT molecular complexity index is 1050. The van der Waals surface area contributed by atoms with Gasteiger partial charge in [0.25, 0.3) is 5.19 Å². The van der Waals surface area contributed by atoms with Crippen LogP contribution in [0.2, 0.25) is 0 Å². The average Bonchev–Trinajstić information content (AvgIpc) is 3.13.